The third kappa shape index (κ3) is 10.4. The number of nitrogens with zero attached hydrogens (tertiary/aromatic N) is 2. The van der Waals surface area contributed by atoms with E-state index >= 15 is 0 Å². The van der Waals surface area contributed by atoms with E-state index in [4.69, 9.17) is 33.2 Å². The summed E-state index contributed by atoms with van der Waals surface area (Å²) in [6.45, 7) is 0.424. The van der Waals surface area contributed by atoms with E-state index in [0.29, 0.717) is 0 Å². The minimum absolute atomic E-state index is 0.0198. The van der Waals surface area contributed by atoms with Crippen molar-refractivity contribution in [2.24, 2.45) is 0 Å². The molecule has 56 heavy (non-hydrogen) atoms. The number of methoxy groups -OCH3 is 1. The zero-order valence-electron chi connectivity index (χ0n) is 30.4. The van der Waals surface area contributed by atoms with Crippen LogP contribution in [0, 0.1) is 20.2 Å². The monoisotopic (exact) mass is 764 g/mol. The van der Waals surface area contributed by atoms with Gasteiger partial charge in [0.1, 0.15) is 24.4 Å². The molecule has 1 aliphatic heterocycles. The molecule has 14 nitrogen and oxygen atoms in total. The number of nitro benzene ring substituents is 2. The Bertz CT molecular complexity index is 2000. The molecule has 5 aromatic carbocycles. The van der Waals surface area contributed by atoms with Crippen LogP contribution in [0.4, 0.5) is 11.4 Å². The zero-order valence-corrected chi connectivity index (χ0v) is 30.4. The summed E-state index contributed by atoms with van der Waals surface area (Å²) in [6.07, 6.45) is -5.55. The molecule has 290 valence electrons. The zero-order chi connectivity index (χ0) is 39.3. The van der Waals surface area contributed by atoms with Crippen molar-refractivity contribution in [3.63, 3.8) is 0 Å². The molecule has 0 saturated carbocycles. The van der Waals surface area contributed by atoms with Crippen LogP contribution in [0.25, 0.3) is 0 Å². The SMILES string of the molecule is COC(=O)c1cc([N+](=O)[O-])c(O[C@H]2O[C@H](COCc3ccccc3)[C@@H](OCc3ccccc3)[C@H](OCc3ccccc3)[C@H]2OCc2ccccc2)c([N+](=O)[O-])c1. The van der Waals surface area contributed by atoms with Gasteiger partial charge in [-0.2, -0.15) is 0 Å². The molecule has 0 aromatic heterocycles. The minimum Gasteiger partial charge on any atom is -0.465 e. The average molecular weight is 765 g/mol. The van der Waals surface area contributed by atoms with E-state index in [0.717, 1.165) is 41.5 Å². The van der Waals surface area contributed by atoms with Crippen molar-refractivity contribution < 1.29 is 47.8 Å². The second kappa shape index (κ2) is 19.5. The molecule has 14 heteroatoms. The summed E-state index contributed by atoms with van der Waals surface area (Å²) in [7, 11) is 1.06. The van der Waals surface area contributed by atoms with Gasteiger partial charge in [-0.25, -0.2) is 4.79 Å². The molecule has 1 fully saturated rings. The van der Waals surface area contributed by atoms with Crippen LogP contribution in [0.1, 0.15) is 32.6 Å². The highest BCUT2D eigenvalue weighted by Gasteiger charge is 2.51. The lowest BCUT2D eigenvalue weighted by Crippen LogP contribution is -2.62. The van der Waals surface area contributed by atoms with Crippen molar-refractivity contribution in [1.29, 1.82) is 0 Å². The summed E-state index contributed by atoms with van der Waals surface area (Å²) < 4.78 is 43.5. The van der Waals surface area contributed by atoms with Crippen LogP contribution < -0.4 is 4.74 Å². The summed E-state index contributed by atoms with van der Waals surface area (Å²) in [5.74, 6) is -1.76. The molecule has 5 aromatic rings. The average Bonchev–Trinajstić information content (AvgIpc) is 3.23. The molecule has 1 saturated heterocycles. The van der Waals surface area contributed by atoms with Crippen molar-refractivity contribution in [1.82, 2.24) is 0 Å². The fraction of sp³-hybridized carbons (Fsp3) is 0.262. The maximum atomic E-state index is 12.4. The Morgan fingerprint density at radius 1 is 0.607 bits per heavy atom. The van der Waals surface area contributed by atoms with Crippen LogP contribution >= 0.6 is 0 Å². The topological polar surface area (TPSA) is 168 Å². The van der Waals surface area contributed by atoms with Crippen LogP contribution in [0.3, 0.4) is 0 Å². The van der Waals surface area contributed by atoms with Gasteiger partial charge in [-0.1, -0.05) is 121 Å². The Morgan fingerprint density at radius 2 is 1.02 bits per heavy atom. The van der Waals surface area contributed by atoms with Gasteiger partial charge in [-0.05, 0) is 22.3 Å². The highest BCUT2D eigenvalue weighted by atomic mass is 16.7. The van der Waals surface area contributed by atoms with Crippen LogP contribution in [0.15, 0.2) is 133 Å². The quantitative estimate of drug-likeness (QED) is 0.0494. The number of hydrogen-bond donors (Lipinski definition) is 0. The van der Waals surface area contributed by atoms with Crippen molar-refractivity contribution in [3.8, 4) is 5.75 Å². The Kier molecular flexibility index (Phi) is 13.8. The molecule has 5 atom stereocenters. The van der Waals surface area contributed by atoms with Crippen molar-refractivity contribution in [2.75, 3.05) is 13.7 Å². The van der Waals surface area contributed by atoms with E-state index in [1.54, 1.807) is 0 Å². The number of benzene rings is 5. The summed E-state index contributed by atoms with van der Waals surface area (Å²) in [5.41, 5.74) is 1.26. The molecule has 6 rings (SSSR count). The van der Waals surface area contributed by atoms with Gasteiger partial charge in [0, 0.05) is 12.1 Å². The number of rotatable bonds is 18. The first kappa shape index (κ1) is 39.7. The van der Waals surface area contributed by atoms with Crippen molar-refractivity contribution in [2.45, 2.75) is 57.1 Å². The molecular weight excluding hydrogens is 724 g/mol. The summed E-state index contributed by atoms with van der Waals surface area (Å²) in [6, 6.07) is 39.3. The van der Waals surface area contributed by atoms with Gasteiger partial charge in [-0.3, -0.25) is 20.2 Å². The van der Waals surface area contributed by atoms with E-state index in [2.05, 4.69) is 0 Å². The van der Waals surface area contributed by atoms with Gasteiger partial charge < -0.3 is 33.2 Å². The van der Waals surface area contributed by atoms with Crippen LogP contribution in [0.2, 0.25) is 0 Å². The van der Waals surface area contributed by atoms with Gasteiger partial charge in [-0.15, -0.1) is 0 Å². The molecular formula is C42H40N2O12. The fourth-order valence-corrected chi connectivity index (χ4v) is 6.18. The van der Waals surface area contributed by atoms with Gasteiger partial charge in [0.05, 0.1) is 55.6 Å². The van der Waals surface area contributed by atoms with Crippen LogP contribution in [-0.2, 0) is 54.8 Å². The van der Waals surface area contributed by atoms with E-state index in [1.165, 1.54) is 0 Å². The molecule has 0 unspecified atom stereocenters. The number of carbonyl (C=O) groups excluding carboxylic acids is 1. The van der Waals surface area contributed by atoms with Gasteiger partial charge in [0.2, 0.25) is 6.29 Å². The van der Waals surface area contributed by atoms with E-state index in [9.17, 15) is 25.0 Å². The summed E-state index contributed by atoms with van der Waals surface area (Å²) in [4.78, 5) is 35.5. The first-order chi connectivity index (χ1) is 27.3. The van der Waals surface area contributed by atoms with E-state index < -0.39 is 69.2 Å². The summed E-state index contributed by atoms with van der Waals surface area (Å²) in [5, 5.41) is 24.9. The number of ether oxygens (including phenoxy) is 7. The first-order valence-corrected chi connectivity index (χ1v) is 17.8. The second-order valence-corrected chi connectivity index (χ2v) is 12.8. The largest absolute Gasteiger partial charge is 0.465 e. The Hall–Kier alpha value is -6.03. The number of hydrogen-bond acceptors (Lipinski definition) is 12. The normalized spacial score (nSPS) is 19.2. The molecule has 1 heterocycles. The van der Waals surface area contributed by atoms with Gasteiger partial charge in [0.15, 0.2) is 0 Å². The highest BCUT2D eigenvalue weighted by molar-refractivity contribution is 5.92. The van der Waals surface area contributed by atoms with E-state index in [1.807, 2.05) is 121 Å². The highest BCUT2D eigenvalue weighted by Crippen LogP contribution is 2.41. The molecule has 0 amide bonds. The van der Waals surface area contributed by atoms with Gasteiger partial charge in [0.25, 0.3) is 5.75 Å². The maximum absolute atomic E-state index is 12.4. The predicted octanol–water partition coefficient (Wildman–Crippen LogP) is 7.37. The lowest BCUT2D eigenvalue weighted by Gasteiger charge is -2.45. The first-order valence-electron chi connectivity index (χ1n) is 17.8. The predicted molar refractivity (Wildman–Crippen MR) is 202 cm³/mol. The summed E-state index contributed by atoms with van der Waals surface area (Å²) >= 11 is 0. The Balaban J connectivity index is 1.43. The van der Waals surface area contributed by atoms with Crippen molar-refractivity contribution >= 4 is 17.3 Å². The minimum atomic E-state index is -1.55. The Labute approximate surface area is 322 Å². The molecule has 0 spiro atoms. The van der Waals surface area contributed by atoms with Crippen LogP contribution in [0.5, 0.6) is 5.75 Å². The Morgan fingerprint density at radius 3 is 1.45 bits per heavy atom. The van der Waals surface area contributed by atoms with Gasteiger partial charge >= 0.3 is 17.3 Å². The smallest absolute Gasteiger partial charge is 0.338 e. The standard InChI is InChI=1S/C42H40N2O12/c1-50-41(45)33-22-34(43(46)47)37(35(23-33)44(48)49)56-42-40(54-27-32-20-12-5-13-21-32)39(53-26-31-18-10-4-11-19-31)38(52-25-30-16-8-3-9-17-30)36(55-42)28-51-24-29-14-6-2-7-15-29/h2-23,36,38-40,42H,24-28H2,1H3/t36-,38-,39+,40-,42-/m1/s1. The number of esters is 1. The molecule has 0 bridgehead atoms. The third-order valence-electron chi connectivity index (χ3n) is 8.94. The molecule has 0 radical (unpaired) electrons. The third-order valence-corrected chi connectivity index (χ3v) is 8.94. The lowest BCUT2D eigenvalue weighted by molar-refractivity contribution is -0.398. The maximum Gasteiger partial charge on any atom is 0.338 e. The van der Waals surface area contributed by atoms with Crippen LogP contribution in [-0.4, -0.2) is 60.2 Å². The molecule has 1 aliphatic rings. The lowest BCUT2D eigenvalue weighted by atomic mass is 9.97. The number of nitro groups is 2. The van der Waals surface area contributed by atoms with E-state index in [-0.39, 0.29) is 33.0 Å². The van der Waals surface area contributed by atoms with Crippen molar-refractivity contribution in [3.05, 3.63) is 182 Å². The number of carbonyl (C=O) groups is 1. The molecule has 0 aliphatic carbocycles. The molecule has 0 N–H and O–H groups in total. The second-order valence-electron chi connectivity index (χ2n) is 12.8. The fourth-order valence-electron chi connectivity index (χ4n) is 6.18.